The molecule has 1 fully saturated rings. The molecule has 4 nitrogen and oxygen atoms in total. The van der Waals surface area contributed by atoms with E-state index in [1.807, 2.05) is 29.8 Å². The zero-order valence-corrected chi connectivity index (χ0v) is 17.6. The number of aromatic nitrogens is 1. The molecule has 0 bridgehead atoms. The Balaban J connectivity index is 1.28. The van der Waals surface area contributed by atoms with Crippen LogP contribution in [-0.2, 0) is 26.1 Å². The monoisotopic (exact) mass is 408 g/mol. The van der Waals surface area contributed by atoms with Gasteiger partial charge in [-0.05, 0) is 61.0 Å². The van der Waals surface area contributed by atoms with E-state index in [0.717, 1.165) is 17.8 Å². The predicted molar refractivity (Wildman–Crippen MR) is 119 cm³/mol. The Morgan fingerprint density at radius 2 is 1.76 bits per heavy atom. The van der Waals surface area contributed by atoms with E-state index in [-0.39, 0.29) is 5.56 Å². The zero-order chi connectivity index (χ0) is 19.9. The second-order valence-corrected chi connectivity index (χ2v) is 8.70. The average molecular weight is 409 g/mol. The van der Waals surface area contributed by atoms with Crippen LogP contribution in [0, 0.1) is 0 Å². The third kappa shape index (κ3) is 5.81. The topological polar surface area (TPSA) is 34.5 Å². The van der Waals surface area contributed by atoms with Gasteiger partial charge in [-0.1, -0.05) is 36.8 Å². The number of likely N-dealkylation sites (tertiary alicyclic amines) is 1. The van der Waals surface area contributed by atoms with Crippen molar-refractivity contribution in [1.29, 1.82) is 0 Å². The molecule has 1 saturated heterocycles. The molecular formula is C24H28N2O2S. The van der Waals surface area contributed by atoms with Crippen LogP contribution in [0.5, 0.6) is 5.75 Å². The SMILES string of the molecule is O=c1cc(OCc2cccs2)ccn1CCc1ccc(CN2CCCCC2)cc1. The van der Waals surface area contributed by atoms with Crippen LogP contribution in [0.25, 0.3) is 0 Å². The molecule has 0 aliphatic carbocycles. The van der Waals surface area contributed by atoms with Gasteiger partial charge in [-0.3, -0.25) is 9.69 Å². The zero-order valence-electron chi connectivity index (χ0n) is 16.8. The molecule has 0 amide bonds. The summed E-state index contributed by atoms with van der Waals surface area (Å²) in [7, 11) is 0. The first-order valence-corrected chi connectivity index (χ1v) is 11.3. The Labute approximate surface area is 176 Å². The quantitative estimate of drug-likeness (QED) is 0.541. The van der Waals surface area contributed by atoms with E-state index in [2.05, 4.69) is 29.2 Å². The predicted octanol–water partition coefficient (Wildman–Crippen LogP) is 4.72. The van der Waals surface area contributed by atoms with Crippen molar-refractivity contribution in [3.63, 3.8) is 0 Å². The van der Waals surface area contributed by atoms with Crippen LogP contribution >= 0.6 is 11.3 Å². The maximum atomic E-state index is 12.4. The van der Waals surface area contributed by atoms with Crippen LogP contribution < -0.4 is 10.3 Å². The molecule has 4 rings (SSSR count). The molecule has 0 N–H and O–H groups in total. The Morgan fingerprint density at radius 1 is 0.966 bits per heavy atom. The number of pyridine rings is 1. The Morgan fingerprint density at radius 3 is 2.48 bits per heavy atom. The van der Waals surface area contributed by atoms with E-state index in [1.54, 1.807) is 22.0 Å². The van der Waals surface area contributed by atoms with Gasteiger partial charge in [0, 0.05) is 30.2 Å². The summed E-state index contributed by atoms with van der Waals surface area (Å²) < 4.78 is 7.47. The number of piperidine rings is 1. The van der Waals surface area contributed by atoms with Gasteiger partial charge in [0.1, 0.15) is 12.4 Å². The Hall–Kier alpha value is -2.37. The summed E-state index contributed by atoms with van der Waals surface area (Å²) in [4.78, 5) is 16.1. The van der Waals surface area contributed by atoms with Crippen LogP contribution in [-0.4, -0.2) is 22.6 Å². The summed E-state index contributed by atoms with van der Waals surface area (Å²) in [6.07, 6.45) is 6.70. The molecule has 0 spiro atoms. The largest absolute Gasteiger partial charge is 0.488 e. The van der Waals surface area contributed by atoms with Gasteiger partial charge in [0.05, 0.1) is 0 Å². The van der Waals surface area contributed by atoms with E-state index in [1.165, 1.54) is 43.5 Å². The van der Waals surface area contributed by atoms with Crippen LogP contribution in [0.1, 0.15) is 35.3 Å². The molecule has 0 unspecified atom stereocenters. The highest BCUT2D eigenvalue weighted by Crippen LogP contribution is 2.15. The molecule has 152 valence electrons. The minimum Gasteiger partial charge on any atom is -0.488 e. The third-order valence-corrected chi connectivity index (χ3v) is 6.30. The van der Waals surface area contributed by atoms with Gasteiger partial charge >= 0.3 is 0 Å². The first-order chi connectivity index (χ1) is 14.3. The molecule has 3 aromatic rings. The number of thiophene rings is 1. The highest BCUT2D eigenvalue weighted by atomic mass is 32.1. The van der Waals surface area contributed by atoms with Gasteiger partial charge < -0.3 is 9.30 Å². The van der Waals surface area contributed by atoms with Gasteiger partial charge in [0.2, 0.25) is 0 Å². The van der Waals surface area contributed by atoms with Crippen molar-refractivity contribution in [2.45, 2.75) is 45.4 Å². The summed E-state index contributed by atoms with van der Waals surface area (Å²) in [6.45, 7) is 4.67. The summed E-state index contributed by atoms with van der Waals surface area (Å²) in [5.41, 5.74) is 2.62. The molecule has 1 aliphatic heterocycles. The number of benzene rings is 1. The molecule has 5 heteroatoms. The van der Waals surface area contributed by atoms with E-state index in [4.69, 9.17) is 4.74 Å². The smallest absolute Gasteiger partial charge is 0.254 e. The lowest BCUT2D eigenvalue weighted by Crippen LogP contribution is -2.29. The molecule has 3 heterocycles. The van der Waals surface area contributed by atoms with Crippen molar-refractivity contribution >= 4 is 11.3 Å². The summed E-state index contributed by atoms with van der Waals surface area (Å²) in [6, 6.07) is 16.3. The summed E-state index contributed by atoms with van der Waals surface area (Å²) in [5.74, 6) is 0.627. The standard InChI is InChI=1S/C24H28N2O2S/c27-24-17-22(28-19-23-5-4-16-29-23)11-15-26(24)14-10-20-6-8-21(9-7-20)18-25-12-2-1-3-13-25/h4-9,11,15-17H,1-3,10,12-14,18-19H2. The summed E-state index contributed by atoms with van der Waals surface area (Å²) >= 11 is 1.65. The third-order valence-electron chi connectivity index (χ3n) is 5.45. The van der Waals surface area contributed by atoms with E-state index < -0.39 is 0 Å². The van der Waals surface area contributed by atoms with Crippen molar-refractivity contribution in [3.05, 3.63) is 86.5 Å². The second kappa shape index (κ2) is 9.90. The maximum Gasteiger partial charge on any atom is 0.254 e. The second-order valence-electron chi connectivity index (χ2n) is 7.67. The number of ether oxygens (including phenoxy) is 1. The van der Waals surface area contributed by atoms with Crippen LogP contribution in [0.15, 0.2) is 64.9 Å². The molecule has 1 aliphatic rings. The number of hydrogen-bond donors (Lipinski definition) is 0. The lowest BCUT2D eigenvalue weighted by Gasteiger charge is -2.26. The molecule has 2 aromatic heterocycles. The van der Waals surface area contributed by atoms with E-state index >= 15 is 0 Å². The fourth-order valence-corrected chi connectivity index (χ4v) is 4.37. The first-order valence-electron chi connectivity index (χ1n) is 10.4. The number of hydrogen-bond acceptors (Lipinski definition) is 4. The van der Waals surface area contributed by atoms with Crippen LogP contribution in [0.3, 0.4) is 0 Å². The molecule has 0 atom stereocenters. The van der Waals surface area contributed by atoms with Crippen molar-refractivity contribution < 1.29 is 4.74 Å². The van der Waals surface area contributed by atoms with Crippen molar-refractivity contribution in [3.8, 4) is 5.75 Å². The molecule has 0 radical (unpaired) electrons. The summed E-state index contributed by atoms with van der Waals surface area (Å²) in [5, 5.41) is 2.02. The lowest BCUT2D eigenvalue weighted by atomic mass is 10.1. The lowest BCUT2D eigenvalue weighted by molar-refractivity contribution is 0.221. The minimum absolute atomic E-state index is 0.0181. The molecule has 1 aromatic carbocycles. The van der Waals surface area contributed by atoms with Crippen molar-refractivity contribution in [2.75, 3.05) is 13.1 Å². The van der Waals surface area contributed by atoms with Crippen molar-refractivity contribution in [1.82, 2.24) is 9.47 Å². The maximum absolute atomic E-state index is 12.4. The number of aryl methyl sites for hydroxylation is 2. The van der Waals surface area contributed by atoms with Gasteiger partial charge in [-0.15, -0.1) is 11.3 Å². The normalized spacial score (nSPS) is 14.8. The van der Waals surface area contributed by atoms with Gasteiger partial charge in [-0.25, -0.2) is 0 Å². The van der Waals surface area contributed by atoms with Gasteiger partial charge in [0.25, 0.3) is 5.56 Å². The van der Waals surface area contributed by atoms with E-state index in [0.29, 0.717) is 18.9 Å². The molecular weight excluding hydrogens is 380 g/mol. The van der Waals surface area contributed by atoms with Gasteiger partial charge in [-0.2, -0.15) is 0 Å². The molecule has 29 heavy (non-hydrogen) atoms. The Kier molecular flexibility index (Phi) is 6.80. The fourth-order valence-electron chi connectivity index (χ4n) is 3.75. The first kappa shape index (κ1) is 19.9. The number of rotatable bonds is 8. The van der Waals surface area contributed by atoms with Crippen LogP contribution in [0.4, 0.5) is 0 Å². The minimum atomic E-state index is -0.0181. The average Bonchev–Trinajstić information content (AvgIpc) is 3.27. The van der Waals surface area contributed by atoms with Gasteiger partial charge in [0.15, 0.2) is 0 Å². The number of nitrogens with zero attached hydrogens (tertiary/aromatic N) is 2. The fraction of sp³-hybridized carbons (Fsp3) is 0.375. The van der Waals surface area contributed by atoms with Crippen molar-refractivity contribution in [2.24, 2.45) is 0 Å². The molecule has 0 saturated carbocycles. The highest BCUT2D eigenvalue weighted by Gasteiger charge is 2.10. The van der Waals surface area contributed by atoms with E-state index in [9.17, 15) is 4.79 Å². The Bertz CT molecular complexity index is 942. The van der Waals surface area contributed by atoms with Crippen LogP contribution in [0.2, 0.25) is 0 Å². The highest BCUT2D eigenvalue weighted by molar-refractivity contribution is 7.09.